The molecule has 5 rings (SSSR count). The van der Waals surface area contributed by atoms with Gasteiger partial charge in [0.2, 0.25) is 5.72 Å². The fourth-order valence-electron chi connectivity index (χ4n) is 4.69. The predicted octanol–water partition coefficient (Wildman–Crippen LogP) is 5.07. The van der Waals surface area contributed by atoms with Gasteiger partial charge in [0.05, 0.1) is 20.4 Å². The van der Waals surface area contributed by atoms with Crippen LogP contribution < -0.4 is 14.2 Å². The minimum atomic E-state index is -0.827. The van der Waals surface area contributed by atoms with Crippen molar-refractivity contribution >= 4 is 22.7 Å². The molecule has 0 amide bonds. The molecule has 3 aromatic rings. The summed E-state index contributed by atoms with van der Waals surface area (Å²) >= 11 is 0. The Bertz CT molecular complexity index is 1180. The van der Waals surface area contributed by atoms with Gasteiger partial charge in [0.15, 0.2) is 11.5 Å². The van der Waals surface area contributed by atoms with Crippen LogP contribution in [0.3, 0.4) is 0 Å². The number of ether oxygens (including phenoxy) is 3. The predicted molar refractivity (Wildman–Crippen MR) is 119 cm³/mol. The van der Waals surface area contributed by atoms with Crippen molar-refractivity contribution in [3.05, 3.63) is 59.7 Å². The van der Waals surface area contributed by atoms with E-state index in [2.05, 4.69) is 50.1 Å². The minimum Gasteiger partial charge on any atom is -0.493 e. The Balaban J connectivity index is 1.75. The van der Waals surface area contributed by atoms with Gasteiger partial charge in [0.25, 0.3) is 0 Å². The molecule has 154 valence electrons. The van der Waals surface area contributed by atoms with Crippen LogP contribution in [0.1, 0.15) is 25.0 Å². The van der Waals surface area contributed by atoms with E-state index in [1.165, 1.54) is 5.56 Å². The van der Waals surface area contributed by atoms with Crippen molar-refractivity contribution in [1.29, 1.82) is 0 Å². The summed E-state index contributed by atoms with van der Waals surface area (Å²) < 4.78 is 18.0. The quantitative estimate of drug-likeness (QED) is 0.600. The fraction of sp³-hybridized carbons (Fsp3) is 0.320. The molecule has 1 atom stereocenters. The highest BCUT2D eigenvalue weighted by molar-refractivity contribution is 5.98. The van der Waals surface area contributed by atoms with Crippen LogP contribution in [0.25, 0.3) is 10.8 Å². The largest absolute Gasteiger partial charge is 0.493 e. The number of aliphatic imine (C=N–C) groups is 1. The van der Waals surface area contributed by atoms with Crippen LogP contribution in [0.4, 0.5) is 5.69 Å². The lowest BCUT2D eigenvalue weighted by Crippen LogP contribution is -2.62. The summed E-state index contributed by atoms with van der Waals surface area (Å²) in [5.41, 5.74) is 2.10. The molecule has 0 saturated carbocycles. The van der Waals surface area contributed by atoms with Crippen molar-refractivity contribution in [1.82, 2.24) is 4.90 Å². The highest BCUT2D eigenvalue weighted by Gasteiger charge is 2.51. The van der Waals surface area contributed by atoms with Crippen molar-refractivity contribution < 1.29 is 14.2 Å². The van der Waals surface area contributed by atoms with E-state index in [1.807, 2.05) is 30.5 Å². The molecular formula is C25H26N2O3. The maximum absolute atomic E-state index is 6.80. The van der Waals surface area contributed by atoms with Crippen LogP contribution in [-0.4, -0.2) is 37.9 Å². The minimum absolute atomic E-state index is 0.146. The highest BCUT2D eigenvalue weighted by atomic mass is 16.5. The van der Waals surface area contributed by atoms with E-state index in [0.29, 0.717) is 5.75 Å². The lowest BCUT2D eigenvalue weighted by atomic mass is 9.79. The highest BCUT2D eigenvalue weighted by Crippen LogP contribution is 2.50. The number of nitrogens with zero attached hydrogens (tertiary/aromatic N) is 2. The van der Waals surface area contributed by atoms with Gasteiger partial charge in [-0.3, -0.25) is 9.89 Å². The van der Waals surface area contributed by atoms with E-state index >= 15 is 0 Å². The molecule has 0 radical (unpaired) electrons. The number of hydrogen-bond acceptors (Lipinski definition) is 5. The molecule has 3 aromatic carbocycles. The molecule has 0 fully saturated rings. The number of fused-ring (bicyclic) bond motifs is 5. The third kappa shape index (κ3) is 2.55. The smallest absolute Gasteiger partial charge is 0.226 e. The van der Waals surface area contributed by atoms with Crippen molar-refractivity contribution in [2.75, 3.05) is 21.3 Å². The van der Waals surface area contributed by atoms with Crippen LogP contribution in [0.2, 0.25) is 0 Å². The van der Waals surface area contributed by atoms with Gasteiger partial charge in [-0.1, -0.05) is 30.3 Å². The molecule has 0 saturated heterocycles. The summed E-state index contributed by atoms with van der Waals surface area (Å²) in [4.78, 5) is 7.21. The molecule has 0 bridgehead atoms. The molecule has 0 aliphatic carbocycles. The standard InChI is InChI=1S/C25H26N2O3/c1-24(2)14-17-12-21(28-4)22(29-5)13-19(17)25(27(24)3)15-26-23-18-9-7-6-8-16(18)10-11-20(23)30-25/h6-13,15H,14H2,1-5H3. The normalized spacial score (nSPS) is 21.8. The van der Waals surface area contributed by atoms with Gasteiger partial charge in [-0.15, -0.1) is 0 Å². The number of likely N-dealkylation sites (N-methyl/N-ethyl adjacent to an activating group) is 1. The molecule has 1 unspecified atom stereocenters. The Morgan fingerprint density at radius 3 is 2.50 bits per heavy atom. The van der Waals surface area contributed by atoms with Gasteiger partial charge in [-0.2, -0.15) is 0 Å². The van der Waals surface area contributed by atoms with Gasteiger partial charge in [-0.25, -0.2) is 0 Å². The van der Waals surface area contributed by atoms with Crippen LogP contribution in [0.5, 0.6) is 17.2 Å². The Morgan fingerprint density at radius 1 is 1.00 bits per heavy atom. The maximum Gasteiger partial charge on any atom is 0.226 e. The summed E-state index contributed by atoms with van der Waals surface area (Å²) in [7, 11) is 5.42. The van der Waals surface area contributed by atoms with E-state index < -0.39 is 5.72 Å². The van der Waals surface area contributed by atoms with Crippen molar-refractivity contribution in [3.8, 4) is 17.2 Å². The second kappa shape index (κ2) is 6.47. The lowest BCUT2D eigenvalue weighted by Gasteiger charge is -2.53. The third-order valence-corrected chi connectivity index (χ3v) is 6.52. The Hall–Kier alpha value is -3.05. The molecule has 30 heavy (non-hydrogen) atoms. The zero-order chi connectivity index (χ0) is 21.1. The van der Waals surface area contributed by atoms with Crippen LogP contribution in [-0.2, 0) is 12.1 Å². The van der Waals surface area contributed by atoms with Crippen LogP contribution >= 0.6 is 0 Å². The first-order chi connectivity index (χ1) is 14.4. The Kier molecular flexibility index (Phi) is 4.09. The molecule has 0 aromatic heterocycles. The van der Waals surface area contributed by atoms with E-state index in [9.17, 15) is 0 Å². The Morgan fingerprint density at radius 2 is 1.73 bits per heavy atom. The van der Waals surface area contributed by atoms with Gasteiger partial charge in [0.1, 0.15) is 11.4 Å². The van der Waals surface area contributed by atoms with Gasteiger partial charge >= 0.3 is 0 Å². The number of rotatable bonds is 2. The zero-order valence-corrected chi connectivity index (χ0v) is 18.0. The number of benzene rings is 3. The first-order valence-corrected chi connectivity index (χ1v) is 10.1. The van der Waals surface area contributed by atoms with Crippen molar-refractivity contribution in [2.24, 2.45) is 4.99 Å². The number of methoxy groups -OCH3 is 2. The van der Waals surface area contributed by atoms with E-state index in [4.69, 9.17) is 19.2 Å². The van der Waals surface area contributed by atoms with Gasteiger partial charge in [0, 0.05) is 16.5 Å². The first-order valence-electron chi connectivity index (χ1n) is 10.1. The van der Waals surface area contributed by atoms with E-state index in [0.717, 1.165) is 39.9 Å². The maximum atomic E-state index is 6.80. The molecule has 5 heteroatoms. The zero-order valence-electron chi connectivity index (χ0n) is 18.0. The third-order valence-electron chi connectivity index (χ3n) is 6.52. The monoisotopic (exact) mass is 402 g/mol. The average Bonchev–Trinajstić information content (AvgIpc) is 2.76. The van der Waals surface area contributed by atoms with Crippen molar-refractivity contribution in [3.63, 3.8) is 0 Å². The van der Waals surface area contributed by atoms with Crippen molar-refractivity contribution in [2.45, 2.75) is 31.5 Å². The summed E-state index contributed by atoms with van der Waals surface area (Å²) in [6, 6.07) is 16.5. The molecule has 2 aliphatic heterocycles. The molecule has 5 nitrogen and oxygen atoms in total. The van der Waals surface area contributed by atoms with Gasteiger partial charge in [-0.05, 0) is 56.5 Å². The van der Waals surface area contributed by atoms with E-state index in [-0.39, 0.29) is 5.54 Å². The molecule has 0 N–H and O–H groups in total. The summed E-state index contributed by atoms with van der Waals surface area (Å²) in [5.74, 6) is 2.19. The summed E-state index contributed by atoms with van der Waals surface area (Å²) in [5, 5.41) is 2.24. The molecule has 1 spiro atoms. The molecule has 2 heterocycles. The lowest BCUT2D eigenvalue weighted by molar-refractivity contribution is -0.0803. The van der Waals surface area contributed by atoms with Gasteiger partial charge < -0.3 is 14.2 Å². The molecular weight excluding hydrogens is 376 g/mol. The second-order valence-electron chi connectivity index (χ2n) is 8.60. The Labute approximate surface area is 176 Å². The first kappa shape index (κ1) is 18.9. The second-order valence-corrected chi connectivity index (χ2v) is 8.60. The van der Waals surface area contributed by atoms with Crippen LogP contribution in [0, 0.1) is 0 Å². The van der Waals surface area contributed by atoms with Crippen LogP contribution in [0.15, 0.2) is 53.5 Å². The average molecular weight is 402 g/mol. The van der Waals surface area contributed by atoms with E-state index in [1.54, 1.807) is 14.2 Å². The topological polar surface area (TPSA) is 43.3 Å². The SMILES string of the molecule is COc1cc2c(cc1OC)C1(C=Nc3c(ccc4ccccc34)O1)N(C)C(C)(C)C2. The fourth-order valence-corrected chi connectivity index (χ4v) is 4.69. The number of hydrogen-bond donors (Lipinski definition) is 0. The molecule has 2 aliphatic rings. The summed E-state index contributed by atoms with van der Waals surface area (Å²) in [6.07, 6.45) is 2.80. The summed E-state index contributed by atoms with van der Waals surface area (Å²) in [6.45, 7) is 4.45.